The van der Waals surface area contributed by atoms with Gasteiger partial charge < -0.3 is 10.4 Å². The topological polar surface area (TPSA) is 84.2 Å². The van der Waals surface area contributed by atoms with Gasteiger partial charge in [-0.05, 0) is 31.9 Å². The molecule has 0 bridgehead atoms. The number of carbonyl (C=O) groups is 2. The van der Waals surface area contributed by atoms with Gasteiger partial charge in [-0.3, -0.25) is 14.3 Å². The predicted molar refractivity (Wildman–Crippen MR) is 86.0 cm³/mol. The molecule has 122 valence electrons. The van der Waals surface area contributed by atoms with E-state index in [9.17, 15) is 14.7 Å². The first-order chi connectivity index (χ1) is 11.0. The van der Waals surface area contributed by atoms with Crippen LogP contribution >= 0.6 is 0 Å². The number of amides is 1. The molecule has 0 aliphatic carbocycles. The molecular formula is C17H21N3O3. The fourth-order valence-corrected chi connectivity index (χ4v) is 2.37. The van der Waals surface area contributed by atoms with Crippen molar-refractivity contribution in [3.63, 3.8) is 0 Å². The SMILES string of the molecule is Cc1cccc(CC(CNC(=O)C(C)n2cccn2)C(=O)O)c1. The molecule has 0 aliphatic rings. The van der Waals surface area contributed by atoms with E-state index in [2.05, 4.69) is 10.4 Å². The Hall–Kier alpha value is -2.63. The molecule has 0 spiro atoms. The first-order valence-corrected chi connectivity index (χ1v) is 7.52. The number of nitrogens with zero attached hydrogens (tertiary/aromatic N) is 2. The number of hydrogen-bond donors (Lipinski definition) is 2. The summed E-state index contributed by atoms with van der Waals surface area (Å²) in [5.41, 5.74) is 2.04. The molecule has 2 rings (SSSR count). The molecule has 0 saturated carbocycles. The van der Waals surface area contributed by atoms with Gasteiger partial charge in [-0.25, -0.2) is 0 Å². The van der Waals surface area contributed by atoms with E-state index in [4.69, 9.17) is 0 Å². The van der Waals surface area contributed by atoms with Gasteiger partial charge in [0.05, 0.1) is 5.92 Å². The van der Waals surface area contributed by atoms with E-state index < -0.39 is 17.9 Å². The van der Waals surface area contributed by atoms with Crippen LogP contribution in [-0.4, -0.2) is 33.3 Å². The zero-order valence-corrected chi connectivity index (χ0v) is 13.3. The Morgan fingerprint density at radius 2 is 2.13 bits per heavy atom. The maximum absolute atomic E-state index is 12.1. The van der Waals surface area contributed by atoms with Crippen LogP contribution in [0.25, 0.3) is 0 Å². The number of aryl methyl sites for hydroxylation is 1. The fraction of sp³-hybridized carbons (Fsp3) is 0.353. The number of hydrogen-bond acceptors (Lipinski definition) is 3. The molecule has 23 heavy (non-hydrogen) atoms. The van der Waals surface area contributed by atoms with Crippen LogP contribution in [0.2, 0.25) is 0 Å². The number of aromatic nitrogens is 2. The third-order valence-corrected chi connectivity index (χ3v) is 3.74. The van der Waals surface area contributed by atoms with E-state index in [1.54, 1.807) is 25.4 Å². The molecule has 1 aromatic heterocycles. The van der Waals surface area contributed by atoms with E-state index >= 15 is 0 Å². The second kappa shape index (κ2) is 7.58. The van der Waals surface area contributed by atoms with Crippen molar-refractivity contribution in [3.05, 3.63) is 53.9 Å². The van der Waals surface area contributed by atoms with Crippen LogP contribution in [0.4, 0.5) is 0 Å². The Morgan fingerprint density at radius 3 is 2.74 bits per heavy atom. The second-order valence-corrected chi connectivity index (χ2v) is 5.64. The third kappa shape index (κ3) is 4.67. The summed E-state index contributed by atoms with van der Waals surface area (Å²) in [5, 5.41) is 16.1. The lowest BCUT2D eigenvalue weighted by molar-refractivity contribution is -0.141. The Bertz CT molecular complexity index is 667. The van der Waals surface area contributed by atoms with Crippen molar-refractivity contribution in [2.24, 2.45) is 5.92 Å². The van der Waals surface area contributed by atoms with Crippen molar-refractivity contribution in [2.75, 3.05) is 6.54 Å². The van der Waals surface area contributed by atoms with Gasteiger partial charge in [0.1, 0.15) is 6.04 Å². The standard InChI is InChI=1S/C17H21N3O3/c1-12-5-3-6-14(9-12)10-15(17(22)23)11-18-16(21)13(2)20-8-4-7-19-20/h3-9,13,15H,10-11H2,1-2H3,(H,18,21)(H,22,23). The molecule has 2 N–H and O–H groups in total. The summed E-state index contributed by atoms with van der Waals surface area (Å²) in [6, 6.07) is 9.00. The smallest absolute Gasteiger partial charge is 0.308 e. The van der Waals surface area contributed by atoms with E-state index in [1.165, 1.54) is 4.68 Å². The highest BCUT2D eigenvalue weighted by Gasteiger charge is 2.21. The van der Waals surface area contributed by atoms with Crippen LogP contribution in [0.5, 0.6) is 0 Å². The lowest BCUT2D eigenvalue weighted by Crippen LogP contribution is -2.37. The summed E-state index contributed by atoms with van der Waals surface area (Å²) in [6.45, 7) is 3.78. The number of carbonyl (C=O) groups excluding carboxylic acids is 1. The highest BCUT2D eigenvalue weighted by Crippen LogP contribution is 2.11. The van der Waals surface area contributed by atoms with Gasteiger partial charge in [-0.2, -0.15) is 5.10 Å². The maximum atomic E-state index is 12.1. The summed E-state index contributed by atoms with van der Waals surface area (Å²) >= 11 is 0. The van der Waals surface area contributed by atoms with Crippen molar-refractivity contribution >= 4 is 11.9 Å². The monoisotopic (exact) mass is 315 g/mol. The lowest BCUT2D eigenvalue weighted by atomic mass is 9.98. The summed E-state index contributed by atoms with van der Waals surface area (Å²) in [7, 11) is 0. The Kier molecular flexibility index (Phi) is 5.51. The van der Waals surface area contributed by atoms with Crippen molar-refractivity contribution < 1.29 is 14.7 Å². The molecule has 2 aromatic rings. The molecule has 1 heterocycles. The maximum Gasteiger partial charge on any atom is 0.308 e. The number of nitrogens with one attached hydrogen (secondary N) is 1. The third-order valence-electron chi connectivity index (χ3n) is 3.74. The average molecular weight is 315 g/mol. The lowest BCUT2D eigenvalue weighted by Gasteiger charge is -2.17. The van der Waals surface area contributed by atoms with E-state index in [1.807, 2.05) is 31.2 Å². The molecule has 0 fully saturated rings. The van der Waals surface area contributed by atoms with Crippen molar-refractivity contribution in [3.8, 4) is 0 Å². The van der Waals surface area contributed by atoms with Gasteiger partial charge >= 0.3 is 5.97 Å². The predicted octanol–water partition coefficient (Wildman–Crippen LogP) is 1.81. The minimum atomic E-state index is -0.918. The molecule has 6 heteroatoms. The highest BCUT2D eigenvalue weighted by atomic mass is 16.4. The van der Waals surface area contributed by atoms with E-state index in [0.717, 1.165) is 11.1 Å². The van der Waals surface area contributed by atoms with Crippen LogP contribution in [0.3, 0.4) is 0 Å². The second-order valence-electron chi connectivity index (χ2n) is 5.64. The van der Waals surface area contributed by atoms with Crippen LogP contribution < -0.4 is 5.32 Å². The van der Waals surface area contributed by atoms with Gasteiger partial charge in [-0.15, -0.1) is 0 Å². The largest absolute Gasteiger partial charge is 0.481 e. The fourth-order valence-electron chi connectivity index (χ4n) is 2.37. The summed E-state index contributed by atoms with van der Waals surface area (Å²) in [6.07, 6.45) is 3.68. The molecule has 1 amide bonds. The van der Waals surface area contributed by atoms with Crippen LogP contribution in [0.1, 0.15) is 24.1 Å². The number of rotatable bonds is 7. The summed E-state index contributed by atoms with van der Waals surface area (Å²) in [5.74, 6) is -1.83. The minimum absolute atomic E-state index is 0.0910. The van der Waals surface area contributed by atoms with E-state index in [0.29, 0.717) is 6.42 Å². The van der Waals surface area contributed by atoms with Crippen LogP contribution in [0, 0.1) is 12.8 Å². The molecule has 2 atom stereocenters. The van der Waals surface area contributed by atoms with Crippen LogP contribution in [0.15, 0.2) is 42.7 Å². The van der Waals surface area contributed by atoms with Crippen molar-refractivity contribution in [1.82, 2.24) is 15.1 Å². The Labute approximate surface area is 135 Å². The molecule has 1 aromatic carbocycles. The number of carboxylic acids is 1. The molecule has 6 nitrogen and oxygen atoms in total. The van der Waals surface area contributed by atoms with Gasteiger partial charge in [-0.1, -0.05) is 29.8 Å². The zero-order chi connectivity index (χ0) is 16.8. The zero-order valence-electron chi connectivity index (χ0n) is 13.3. The van der Waals surface area contributed by atoms with Gasteiger partial charge in [0.2, 0.25) is 5.91 Å². The van der Waals surface area contributed by atoms with Crippen molar-refractivity contribution in [1.29, 1.82) is 0 Å². The average Bonchev–Trinajstić information content (AvgIpc) is 3.04. The Morgan fingerprint density at radius 1 is 1.35 bits per heavy atom. The summed E-state index contributed by atoms with van der Waals surface area (Å²) < 4.78 is 1.53. The molecule has 0 aliphatic heterocycles. The number of benzene rings is 1. The molecule has 0 saturated heterocycles. The number of carboxylic acid groups (broad SMARTS) is 1. The molecule has 0 radical (unpaired) electrons. The first kappa shape index (κ1) is 16.7. The number of aliphatic carboxylic acids is 1. The van der Waals surface area contributed by atoms with Gasteiger partial charge in [0, 0.05) is 18.9 Å². The highest BCUT2D eigenvalue weighted by molar-refractivity contribution is 5.80. The van der Waals surface area contributed by atoms with Crippen molar-refractivity contribution in [2.45, 2.75) is 26.3 Å². The first-order valence-electron chi connectivity index (χ1n) is 7.52. The van der Waals surface area contributed by atoms with Gasteiger partial charge in [0.25, 0.3) is 0 Å². The van der Waals surface area contributed by atoms with E-state index in [-0.39, 0.29) is 12.5 Å². The quantitative estimate of drug-likeness (QED) is 0.816. The molecular weight excluding hydrogens is 294 g/mol. The Balaban J connectivity index is 1.94. The van der Waals surface area contributed by atoms with Crippen LogP contribution in [-0.2, 0) is 16.0 Å². The summed E-state index contributed by atoms with van der Waals surface area (Å²) in [4.78, 5) is 23.5. The minimum Gasteiger partial charge on any atom is -0.481 e. The molecule has 2 unspecified atom stereocenters. The van der Waals surface area contributed by atoms with Gasteiger partial charge in [0.15, 0.2) is 0 Å². The normalized spacial score (nSPS) is 13.3.